The highest BCUT2D eigenvalue weighted by atomic mass is 32.2. The lowest BCUT2D eigenvalue weighted by atomic mass is 10.1. The number of thioether (sulfide) groups is 1. The van der Waals surface area contributed by atoms with Crippen LogP contribution >= 0.6 is 11.8 Å². The Balaban J connectivity index is 1.63. The highest BCUT2D eigenvalue weighted by Gasteiger charge is 2.15. The van der Waals surface area contributed by atoms with Gasteiger partial charge in [-0.3, -0.25) is 4.79 Å². The molecule has 0 radical (unpaired) electrons. The number of anilines is 2. The maximum atomic E-state index is 12.3. The molecule has 0 unspecified atom stereocenters. The molecule has 2 aromatic rings. The molecule has 0 saturated carbocycles. The number of benzene rings is 1. The third-order valence-corrected chi connectivity index (χ3v) is 5.04. The number of piperidine rings is 1. The normalized spacial score (nSPS) is 14.7. The predicted molar refractivity (Wildman–Crippen MR) is 95.1 cm³/mol. The smallest absolute Gasteiger partial charge is 0.234 e. The highest BCUT2D eigenvalue weighted by molar-refractivity contribution is 7.99. The summed E-state index contributed by atoms with van der Waals surface area (Å²) in [6.07, 6.45) is 7.36. The number of carbonyl (C=O) groups is 1. The number of nitrogens with one attached hydrogen (secondary N) is 1. The van der Waals surface area contributed by atoms with Crippen LogP contribution in [-0.4, -0.2) is 34.3 Å². The average Bonchev–Trinajstić information content (AvgIpc) is 2.99. The lowest BCUT2D eigenvalue weighted by Crippen LogP contribution is -2.30. The van der Waals surface area contributed by atoms with Gasteiger partial charge in [-0.25, -0.2) is 4.98 Å². The Morgan fingerprint density at radius 1 is 1.26 bits per heavy atom. The molecule has 0 spiro atoms. The fraction of sp³-hybridized carbons (Fsp3) is 0.412. The predicted octanol–water partition coefficient (Wildman–Crippen LogP) is 3.14. The Bertz CT molecular complexity index is 664. The number of aryl methyl sites for hydroxylation is 1. The first-order valence-corrected chi connectivity index (χ1v) is 8.96. The van der Waals surface area contributed by atoms with Crippen molar-refractivity contribution < 1.29 is 4.79 Å². The summed E-state index contributed by atoms with van der Waals surface area (Å²) in [5, 5.41) is 3.90. The molecule has 2 heterocycles. The van der Waals surface area contributed by atoms with E-state index in [4.69, 9.17) is 0 Å². The number of nitrogens with zero attached hydrogens (tertiary/aromatic N) is 3. The summed E-state index contributed by atoms with van der Waals surface area (Å²) in [4.78, 5) is 18.9. The molecule has 1 aliphatic rings. The Morgan fingerprint density at radius 3 is 2.78 bits per heavy atom. The summed E-state index contributed by atoms with van der Waals surface area (Å²) >= 11 is 1.45. The van der Waals surface area contributed by atoms with Gasteiger partial charge >= 0.3 is 0 Å². The van der Waals surface area contributed by atoms with Crippen LogP contribution in [0.5, 0.6) is 0 Å². The molecule has 1 N–H and O–H groups in total. The van der Waals surface area contributed by atoms with Crippen molar-refractivity contribution in [3.63, 3.8) is 0 Å². The number of amides is 1. The highest BCUT2D eigenvalue weighted by Crippen LogP contribution is 2.28. The minimum atomic E-state index is 0.00228. The van der Waals surface area contributed by atoms with Gasteiger partial charge in [-0.2, -0.15) is 0 Å². The van der Waals surface area contributed by atoms with Gasteiger partial charge in [0.25, 0.3) is 0 Å². The first-order valence-electron chi connectivity index (χ1n) is 7.98. The molecule has 5 nitrogen and oxygen atoms in total. The van der Waals surface area contributed by atoms with Gasteiger partial charge in [-0.1, -0.05) is 23.9 Å². The number of imidazole rings is 1. The molecule has 0 atom stereocenters. The second-order valence-electron chi connectivity index (χ2n) is 5.72. The average molecular weight is 330 g/mol. The van der Waals surface area contributed by atoms with Gasteiger partial charge in [-0.15, -0.1) is 0 Å². The van der Waals surface area contributed by atoms with Gasteiger partial charge in [0.15, 0.2) is 5.16 Å². The Labute approximate surface area is 141 Å². The zero-order valence-corrected chi connectivity index (χ0v) is 14.2. The molecule has 1 aromatic carbocycles. The van der Waals surface area contributed by atoms with Crippen molar-refractivity contribution in [2.45, 2.75) is 24.4 Å². The molecule has 0 bridgehead atoms. The van der Waals surface area contributed by atoms with Crippen molar-refractivity contribution in [1.29, 1.82) is 0 Å². The molecule has 1 aliphatic heterocycles. The van der Waals surface area contributed by atoms with Gasteiger partial charge in [0.1, 0.15) is 0 Å². The molecule has 6 heteroatoms. The molecule has 1 amide bonds. The number of carbonyl (C=O) groups excluding carboxylic acids is 1. The van der Waals surface area contributed by atoms with Crippen LogP contribution in [0.25, 0.3) is 0 Å². The number of rotatable bonds is 5. The van der Waals surface area contributed by atoms with E-state index in [1.807, 2.05) is 36.0 Å². The van der Waals surface area contributed by atoms with E-state index in [0.29, 0.717) is 5.75 Å². The van der Waals surface area contributed by atoms with Gasteiger partial charge < -0.3 is 14.8 Å². The minimum Gasteiger partial charge on any atom is -0.370 e. The topological polar surface area (TPSA) is 50.2 Å². The number of hydrogen-bond donors (Lipinski definition) is 1. The Kier molecular flexibility index (Phi) is 5.23. The van der Waals surface area contributed by atoms with Crippen LogP contribution in [0.1, 0.15) is 19.3 Å². The van der Waals surface area contributed by atoms with Crippen molar-refractivity contribution in [2.24, 2.45) is 7.05 Å². The van der Waals surface area contributed by atoms with Crippen LogP contribution in [0.4, 0.5) is 11.4 Å². The maximum Gasteiger partial charge on any atom is 0.234 e. The van der Waals surface area contributed by atoms with Crippen molar-refractivity contribution in [3.05, 3.63) is 36.7 Å². The van der Waals surface area contributed by atoms with E-state index >= 15 is 0 Å². The standard InChI is InChI=1S/C17H22N4OS/c1-20-12-9-18-17(20)23-13-16(22)19-14-7-3-4-8-15(14)21-10-5-2-6-11-21/h3-4,7-9,12H,2,5-6,10-11,13H2,1H3,(H,19,22). The van der Waals surface area contributed by atoms with Crippen molar-refractivity contribution in [3.8, 4) is 0 Å². The first-order chi connectivity index (χ1) is 11.2. The van der Waals surface area contributed by atoms with E-state index in [-0.39, 0.29) is 5.91 Å². The third kappa shape index (κ3) is 4.07. The fourth-order valence-electron chi connectivity index (χ4n) is 2.80. The van der Waals surface area contributed by atoms with Crippen molar-refractivity contribution >= 4 is 29.0 Å². The van der Waals surface area contributed by atoms with Crippen LogP contribution in [0, 0.1) is 0 Å². The van der Waals surface area contributed by atoms with E-state index in [1.165, 1.54) is 31.0 Å². The molecule has 23 heavy (non-hydrogen) atoms. The third-order valence-electron chi connectivity index (χ3n) is 3.98. The second-order valence-corrected chi connectivity index (χ2v) is 6.66. The van der Waals surface area contributed by atoms with Gasteiger partial charge in [0.2, 0.25) is 5.91 Å². The van der Waals surface area contributed by atoms with Crippen LogP contribution in [0.15, 0.2) is 41.8 Å². The quantitative estimate of drug-likeness (QED) is 0.856. The maximum absolute atomic E-state index is 12.3. The van der Waals surface area contributed by atoms with E-state index in [1.54, 1.807) is 6.20 Å². The van der Waals surface area contributed by atoms with Crippen LogP contribution in [-0.2, 0) is 11.8 Å². The van der Waals surface area contributed by atoms with E-state index in [2.05, 4.69) is 21.3 Å². The largest absolute Gasteiger partial charge is 0.370 e. The van der Waals surface area contributed by atoms with Gasteiger partial charge in [-0.05, 0) is 31.4 Å². The van der Waals surface area contributed by atoms with Crippen LogP contribution < -0.4 is 10.2 Å². The molecule has 1 fully saturated rings. The lowest BCUT2D eigenvalue weighted by Gasteiger charge is -2.30. The minimum absolute atomic E-state index is 0.00228. The lowest BCUT2D eigenvalue weighted by molar-refractivity contribution is -0.113. The summed E-state index contributed by atoms with van der Waals surface area (Å²) in [7, 11) is 1.93. The zero-order valence-electron chi connectivity index (χ0n) is 13.4. The van der Waals surface area contributed by atoms with Gasteiger partial charge in [0, 0.05) is 32.5 Å². The Hall–Kier alpha value is -1.95. The molecule has 1 saturated heterocycles. The van der Waals surface area contributed by atoms with Gasteiger partial charge in [0.05, 0.1) is 17.1 Å². The van der Waals surface area contributed by atoms with Crippen LogP contribution in [0.3, 0.4) is 0 Å². The summed E-state index contributed by atoms with van der Waals surface area (Å²) in [6, 6.07) is 8.07. The number of aromatic nitrogens is 2. The van der Waals surface area contributed by atoms with Crippen molar-refractivity contribution in [1.82, 2.24) is 9.55 Å². The second kappa shape index (κ2) is 7.55. The first kappa shape index (κ1) is 15.9. The SMILES string of the molecule is Cn1ccnc1SCC(=O)Nc1ccccc1N1CCCCC1. The summed E-state index contributed by atoms with van der Waals surface area (Å²) in [5.74, 6) is 0.363. The molecule has 0 aliphatic carbocycles. The zero-order chi connectivity index (χ0) is 16.1. The van der Waals surface area contributed by atoms with Crippen molar-refractivity contribution in [2.75, 3.05) is 29.1 Å². The molecule has 3 rings (SSSR count). The molecule has 122 valence electrons. The molecular weight excluding hydrogens is 308 g/mol. The fourth-order valence-corrected chi connectivity index (χ4v) is 3.53. The monoisotopic (exact) mass is 330 g/mol. The molecule has 1 aromatic heterocycles. The molecular formula is C17H22N4OS. The van der Waals surface area contributed by atoms with E-state index < -0.39 is 0 Å². The summed E-state index contributed by atoms with van der Waals surface area (Å²) in [5.41, 5.74) is 2.03. The number of hydrogen-bond acceptors (Lipinski definition) is 4. The summed E-state index contributed by atoms with van der Waals surface area (Å²) in [6.45, 7) is 2.13. The van der Waals surface area contributed by atoms with E-state index in [0.717, 1.165) is 29.6 Å². The van der Waals surface area contributed by atoms with E-state index in [9.17, 15) is 4.79 Å². The van der Waals surface area contributed by atoms with Crippen LogP contribution in [0.2, 0.25) is 0 Å². The summed E-state index contributed by atoms with van der Waals surface area (Å²) < 4.78 is 1.92. The Morgan fingerprint density at radius 2 is 2.04 bits per heavy atom. The number of para-hydroxylation sites is 2.